The number of fused-ring (bicyclic) bond motifs is 1. The first-order chi connectivity index (χ1) is 13.2. The Kier molecular flexibility index (Phi) is 3.56. The van der Waals surface area contributed by atoms with Gasteiger partial charge in [-0.2, -0.15) is 0 Å². The van der Waals surface area contributed by atoms with Crippen molar-refractivity contribution in [2.45, 2.75) is 31.5 Å². The van der Waals surface area contributed by atoms with Crippen LogP contribution in [0.25, 0.3) is 5.69 Å². The normalized spacial score (nSPS) is 16.6. The molecule has 2 aliphatic rings. The number of anilines is 1. The fourth-order valence-electron chi connectivity index (χ4n) is 3.56. The van der Waals surface area contributed by atoms with Gasteiger partial charge in [-0.3, -0.25) is 4.79 Å². The van der Waals surface area contributed by atoms with Crippen LogP contribution in [-0.4, -0.2) is 31.9 Å². The van der Waals surface area contributed by atoms with Crippen molar-refractivity contribution >= 4 is 11.6 Å². The van der Waals surface area contributed by atoms with E-state index in [1.54, 1.807) is 18.2 Å². The lowest BCUT2D eigenvalue weighted by molar-refractivity contribution is -0.0716. The smallest absolute Gasteiger partial charge is 0.255 e. The Bertz CT molecular complexity index is 996. The van der Waals surface area contributed by atoms with Gasteiger partial charge in [0.2, 0.25) is 0 Å². The van der Waals surface area contributed by atoms with Crippen LogP contribution in [0.3, 0.4) is 0 Å². The van der Waals surface area contributed by atoms with Gasteiger partial charge in [0.05, 0.1) is 5.69 Å². The van der Waals surface area contributed by atoms with Crippen LogP contribution in [0.1, 0.15) is 36.0 Å². The van der Waals surface area contributed by atoms with Crippen LogP contribution in [0, 0.1) is 0 Å². The molecule has 1 fully saturated rings. The summed E-state index contributed by atoms with van der Waals surface area (Å²) in [6, 6.07) is 12.6. The minimum atomic E-state index is -0.509. The fraction of sp³-hybridized carbons (Fsp3) is 0.263. The largest absolute Gasteiger partial charge is 0.448 e. The number of amides is 1. The van der Waals surface area contributed by atoms with E-state index in [-0.39, 0.29) is 5.91 Å². The second kappa shape index (κ2) is 6.08. The summed E-state index contributed by atoms with van der Waals surface area (Å²) in [6.07, 6.45) is 5.48. The molecular formula is C19H17N5O3. The van der Waals surface area contributed by atoms with E-state index in [0.29, 0.717) is 22.7 Å². The molecule has 1 aromatic heterocycles. The highest BCUT2D eigenvalue weighted by Crippen LogP contribution is 2.47. The summed E-state index contributed by atoms with van der Waals surface area (Å²) in [5.74, 6) is 0.678. The Balaban J connectivity index is 1.35. The molecule has 1 spiro atoms. The number of aromatic nitrogens is 4. The summed E-state index contributed by atoms with van der Waals surface area (Å²) >= 11 is 0. The third-order valence-corrected chi connectivity index (χ3v) is 4.88. The number of hydrogen-bond acceptors (Lipinski definition) is 6. The topological polar surface area (TPSA) is 91.2 Å². The Labute approximate surface area is 155 Å². The van der Waals surface area contributed by atoms with Crippen molar-refractivity contribution in [1.29, 1.82) is 0 Å². The second-order valence-corrected chi connectivity index (χ2v) is 6.74. The summed E-state index contributed by atoms with van der Waals surface area (Å²) in [4.78, 5) is 12.6. The van der Waals surface area contributed by atoms with Gasteiger partial charge in [0.1, 0.15) is 6.33 Å². The van der Waals surface area contributed by atoms with Gasteiger partial charge in [-0.15, -0.1) is 5.10 Å². The van der Waals surface area contributed by atoms with E-state index in [0.717, 1.165) is 31.4 Å². The van der Waals surface area contributed by atoms with Crippen LogP contribution in [0.15, 0.2) is 48.8 Å². The standard InChI is InChI=1S/C19H17N5O3/c25-18(13-4-3-5-15(10-13)24-12-20-22-23-24)21-14-6-7-16-17(11-14)27-19(26-16)8-1-2-9-19/h3-7,10-12H,1-2,8-9H2,(H,21,25). The molecule has 0 bridgehead atoms. The van der Waals surface area contributed by atoms with Crippen LogP contribution in [-0.2, 0) is 0 Å². The van der Waals surface area contributed by atoms with E-state index >= 15 is 0 Å². The molecule has 1 saturated carbocycles. The van der Waals surface area contributed by atoms with Gasteiger partial charge < -0.3 is 14.8 Å². The number of nitrogens with zero attached hydrogens (tertiary/aromatic N) is 4. The average molecular weight is 363 g/mol. The third kappa shape index (κ3) is 2.88. The minimum Gasteiger partial charge on any atom is -0.448 e. The van der Waals surface area contributed by atoms with E-state index in [1.807, 2.05) is 24.3 Å². The Morgan fingerprint density at radius 3 is 2.74 bits per heavy atom. The summed E-state index contributed by atoms with van der Waals surface area (Å²) in [5, 5.41) is 14.0. The molecule has 0 atom stereocenters. The maximum atomic E-state index is 12.6. The summed E-state index contributed by atoms with van der Waals surface area (Å²) in [6.45, 7) is 0. The van der Waals surface area contributed by atoms with Gasteiger partial charge in [-0.05, 0) is 53.6 Å². The summed E-state index contributed by atoms with van der Waals surface area (Å²) < 4.78 is 13.6. The molecule has 0 saturated heterocycles. The van der Waals surface area contributed by atoms with E-state index in [1.165, 1.54) is 11.0 Å². The molecule has 1 aliphatic heterocycles. The molecule has 1 N–H and O–H groups in total. The molecule has 8 heteroatoms. The van der Waals surface area contributed by atoms with Gasteiger partial charge >= 0.3 is 0 Å². The monoisotopic (exact) mass is 363 g/mol. The van der Waals surface area contributed by atoms with Crippen LogP contribution >= 0.6 is 0 Å². The highest BCUT2D eigenvalue weighted by molar-refractivity contribution is 6.04. The molecule has 2 heterocycles. The van der Waals surface area contributed by atoms with Crippen LogP contribution < -0.4 is 14.8 Å². The molecule has 8 nitrogen and oxygen atoms in total. The number of ether oxygens (including phenoxy) is 2. The molecule has 136 valence electrons. The van der Waals surface area contributed by atoms with Gasteiger partial charge in [-0.1, -0.05) is 6.07 Å². The molecular weight excluding hydrogens is 346 g/mol. The van der Waals surface area contributed by atoms with E-state index in [2.05, 4.69) is 20.8 Å². The quantitative estimate of drug-likeness (QED) is 0.769. The Morgan fingerprint density at radius 2 is 1.93 bits per heavy atom. The average Bonchev–Trinajstić information content (AvgIpc) is 3.43. The van der Waals surface area contributed by atoms with E-state index in [9.17, 15) is 4.79 Å². The van der Waals surface area contributed by atoms with Crippen molar-refractivity contribution in [1.82, 2.24) is 20.2 Å². The Hall–Kier alpha value is -3.42. The number of carbonyl (C=O) groups excluding carboxylic acids is 1. The third-order valence-electron chi connectivity index (χ3n) is 4.88. The number of nitrogens with one attached hydrogen (secondary N) is 1. The maximum Gasteiger partial charge on any atom is 0.255 e. The predicted molar refractivity (Wildman–Crippen MR) is 96.0 cm³/mol. The molecule has 2 aromatic carbocycles. The summed E-state index contributed by atoms with van der Waals surface area (Å²) in [5.41, 5.74) is 1.87. The first kappa shape index (κ1) is 15.8. The highest BCUT2D eigenvalue weighted by atomic mass is 16.7. The zero-order chi connectivity index (χ0) is 18.3. The fourth-order valence-corrected chi connectivity index (χ4v) is 3.56. The van der Waals surface area contributed by atoms with Crippen molar-refractivity contribution in [3.8, 4) is 17.2 Å². The van der Waals surface area contributed by atoms with Gasteiger partial charge in [0.25, 0.3) is 11.7 Å². The number of benzene rings is 2. The van der Waals surface area contributed by atoms with E-state index in [4.69, 9.17) is 9.47 Å². The van der Waals surface area contributed by atoms with Gasteiger partial charge in [0, 0.05) is 30.2 Å². The molecule has 5 rings (SSSR count). The minimum absolute atomic E-state index is 0.223. The second-order valence-electron chi connectivity index (χ2n) is 6.74. The lowest BCUT2D eigenvalue weighted by Crippen LogP contribution is -2.34. The van der Waals surface area contributed by atoms with Crippen molar-refractivity contribution in [3.05, 3.63) is 54.4 Å². The van der Waals surface area contributed by atoms with Crippen molar-refractivity contribution in [3.63, 3.8) is 0 Å². The van der Waals surface area contributed by atoms with Crippen LogP contribution in [0.5, 0.6) is 11.5 Å². The highest BCUT2D eigenvalue weighted by Gasteiger charge is 2.44. The predicted octanol–water partition coefficient (Wildman–Crippen LogP) is 2.96. The molecule has 3 aromatic rings. The van der Waals surface area contributed by atoms with Crippen LogP contribution in [0.4, 0.5) is 5.69 Å². The number of tetrazole rings is 1. The zero-order valence-electron chi connectivity index (χ0n) is 14.5. The van der Waals surface area contributed by atoms with Gasteiger partial charge in [0.15, 0.2) is 11.5 Å². The summed E-state index contributed by atoms with van der Waals surface area (Å²) in [7, 11) is 0. The molecule has 1 amide bonds. The number of hydrogen-bond donors (Lipinski definition) is 1. The number of rotatable bonds is 3. The molecule has 0 unspecified atom stereocenters. The Morgan fingerprint density at radius 1 is 1.07 bits per heavy atom. The zero-order valence-corrected chi connectivity index (χ0v) is 14.5. The first-order valence-corrected chi connectivity index (χ1v) is 8.88. The van der Waals surface area contributed by atoms with Gasteiger partial charge in [-0.25, -0.2) is 4.68 Å². The van der Waals surface area contributed by atoms with Crippen molar-refractivity contribution < 1.29 is 14.3 Å². The molecule has 1 aliphatic carbocycles. The van der Waals surface area contributed by atoms with Crippen molar-refractivity contribution in [2.75, 3.05) is 5.32 Å². The number of carbonyl (C=O) groups is 1. The van der Waals surface area contributed by atoms with Crippen LogP contribution in [0.2, 0.25) is 0 Å². The SMILES string of the molecule is O=C(Nc1ccc2c(c1)OC1(CCCC1)O2)c1cccc(-n2cnnn2)c1. The first-order valence-electron chi connectivity index (χ1n) is 8.88. The maximum absolute atomic E-state index is 12.6. The lowest BCUT2D eigenvalue weighted by atomic mass is 10.2. The molecule has 27 heavy (non-hydrogen) atoms. The van der Waals surface area contributed by atoms with E-state index < -0.39 is 5.79 Å². The van der Waals surface area contributed by atoms with Crippen molar-refractivity contribution in [2.24, 2.45) is 0 Å². The lowest BCUT2D eigenvalue weighted by Gasteiger charge is -2.21. The molecule has 0 radical (unpaired) electrons.